The Kier molecular flexibility index (Phi) is 4.74. The van der Waals surface area contributed by atoms with Gasteiger partial charge in [-0.1, -0.05) is 18.2 Å². The summed E-state index contributed by atoms with van der Waals surface area (Å²) in [5.74, 6) is -1.50. The zero-order valence-electron chi connectivity index (χ0n) is 14.3. The number of benzene rings is 1. The van der Waals surface area contributed by atoms with E-state index in [0.717, 1.165) is 5.56 Å². The molecule has 1 aromatic carbocycles. The zero-order chi connectivity index (χ0) is 18.0. The number of carbonyl (C=O) groups is 2. The molecule has 2 heterocycles. The van der Waals surface area contributed by atoms with E-state index < -0.39 is 11.9 Å². The lowest BCUT2D eigenvalue weighted by molar-refractivity contribution is -0.141. The van der Waals surface area contributed by atoms with Gasteiger partial charge in [0, 0.05) is 31.7 Å². The molecule has 2 aromatic rings. The van der Waals surface area contributed by atoms with E-state index in [4.69, 9.17) is 4.74 Å². The van der Waals surface area contributed by atoms with Gasteiger partial charge in [-0.05, 0) is 24.6 Å². The van der Waals surface area contributed by atoms with Gasteiger partial charge in [-0.15, -0.1) is 0 Å². The van der Waals surface area contributed by atoms with Crippen molar-refractivity contribution < 1.29 is 19.4 Å². The molecule has 25 heavy (non-hydrogen) atoms. The molecule has 0 radical (unpaired) electrons. The number of carboxylic acid groups (broad SMARTS) is 1. The van der Waals surface area contributed by atoms with E-state index in [-0.39, 0.29) is 18.4 Å². The first-order chi connectivity index (χ1) is 12.0. The SMILES string of the molecule is CCn1ccc(C(=O)N2C[C@@H](C(=O)O)[C@H](c3ccccc3OC)C2)n1. The molecule has 1 N–H and O–H groups in total. The first-order valence-electron chi connectivity index (χ1n) is 8.23. The molecule has 7 nitrogen and oxygen atoms in total. The van der Waals surface area contributed by atoms with E-state index in [2.05, 4.69) is 5.10 Å². The number of carbonyl (C=O) groups excluding carboxylic acids is 1. The molecule has 0 spiro atoms. The van der Waals surface area contributed by atoms with Gasteiger partial charge in [-0.3, -0.25) is 14.3 Å². The highest BCUT2D eigenvalue weighted by Crippen LogP contribution is 2.38. The standard InChI is InChI=1S/C18H21N3O4/c1-3-21-9-8-15(19-21)17(22)20-10-13(14(11-20)18(23)24)12-6-4-5-7-16(12)25-2/h4-9,13-14H,3,10-11H2,1-2H3,(H,23,24)/t13-,14+/m0/s1. The third-order valence-electron chi connectivity index (χ3n) is 4.65. The predicted octanol–water partition coefficient (Wildman–Crippen LogP) is 1.85. The molecule has 1 saturated heterocycles. The van der Waals surface area contributed by atoms with E-state index in [1.54, 1.807) is 29.0 Å². The molecule has 0 unspecified atom stereocenters. The van der Waals surface area contributed by atoms with Gasteiger partial charge in [0.25, 0.3) is 5.91 Å². The number of para-hydroxylation sites is 1. The second kappa shape index (κ2) is 6.96. The van der Waals surface area contributed by atoms with Crippen LogP contribution in [0.4, 0.5) is 0 Å². The topological polar surface area (TPSA) is 84.7 Å². The number of ether oxygens (including phenoxy) is 1. The van der Waals surface area contributed by atoms with Crippen LogP contribution in [0.1, 0.15) is 28.9 Å². The predicted molar refractivity (Wildman–Crippen MR) is 90.7 cm³/mol. The molecule has 0 saturated carbocycles. The minimum absolute atomic E-state index is 0.163. The summed E-state index contributed by atoms with van der Waals surface area (Å²) in [6, 6.07) is 9.02. The Bertz CT molecular complexity index is 786. The minimum Gasteiger partial charge on any atom is -0.496 e. The molecule has 0 aliphatic carbocycles. The van der Waals surface area contributed by atoms with Crippen molar-refractivity contribution in [2.24, 2.45) is 5.92 Å². The van der Waals surface area contributed by atoms with Gasteiger partial charge in [-0.25, -0.2) is 0 Å². The van der Waals surface area contributed by atoms with Gasteiger partial charge in [0.05, 0.1) is 13.0 Å². The number of amides is 1. The Balaban J connectivity index is 1.87. The molecule has 1 aliphatic rings. The van der Waals surface area contributed by atoms with E-state index in [1.807, 2.05) is 31.2 Å². The molecule has 2 atom stereocenters. The Morgan fingerprint density at radius 3 is 2.68 bits per heavy atom. The van der Waals surface area contributed by atoms with Crippen LogP contribution in [0.5, 0.6) is 5.75 Å². The highest BCUT2D eigenvalue weighted by Gasteiger charge is 2.42. The van der Waals surface area contributed by atoms with Crippen LogP contribution in [0.3, 0.4) is 0 Å². The van der Waals surface area contributed by atoms with Gasteiger partial charge in [-0.2, -0.15) is 5.10 Å². The molecule has 1 amide bonds. The van der Waals surface area contributed by atoms with Gasteiger partial charge in [0.1, 0.15) is 11.4 Å². The molecule has 1 fully saturated rings. The average Bonchev–Trinajstić information content (AvgIpc) is 3.28. The summed E-state index contributed by atoms with van der Waals surface area (Å²) < 4.78 is 7.05. The number of nitrogens with zero attached hydrogens (tertiary/aromatic N) is 3. The lowest BCUT2D eigenvalue weighted by Gasteiger charge is -2.18. The van der Waals surface area contributed by atoms with E-state index in [9.17, 15) is 14.7 Å². The molecule has 132 valence electrons. The van der Waals surface area contributed by atoms with E-state index >= 15 is 0 Å². The lowest BCUT2D eigenvalue weighted by Crippen LogP contribution is -2.30. The van der Waals surface area contributed by atoms with Crippen LogP contribution < -0.4 is 4.74 Å². The summed E-state index contributed by atoms with van der Waals surface area (Å²) >= 11 is 0. The van der Waals surface area contributed by atoms with E-state index in [0.29, 0.717) is 24.5 Å². The van der Waals surface area contributed by atoms with Crippen molar-refractivity contribution in [2.45, 2.75) is 19.4 Å². The van der Waals surface area contributed by atoms with Crippen molar-refractivity contribution in [3.8, 4) is 5.75 Å². The van der Waals surface area contributed by atoms with Crippen molar-refractivity contribution in [1.82, 2.24) is 14.7 Å². The van der Waals surface area contributed by atoms with Crippen LogP contribution in [0.25, 0.3) is 0 Å². The number of methoxy groups -OCH3 is 1. The lowest BCUT2D eigenvalue weighted by atomic mass is 9.88. The number of aromatic nitrogens is 2. The van der Waals surface area contributed by atoms with Crippen molar-refractivity contribution in [2.75, 3.05) is 20.2 Å². The van der Waals surface area contributed by atoms with Crippen LogP contribution in [-0.2, 0) is 11.3 Å². The first kappa shape index (κ1) is 17.0. The highest BCUT2D eigenvalue weighted by molar-refractivity contribution is 5.93. The quantitative estimate of drug-likeness (QED) is 0.896. The maximum Gasteiger partial charge on any atom is 0.308 e. The van der Waals surface area contributed by atoms with Crippen LogP contribution in [0, 0.1) is 5.92 Å². The van der Waals surface area contributed by atoms with Gasteiger partial charge >= 0.3 is 5.97 Å². The fourth-order valence-corrected chi connectivity index (χ4v) is 3.32. The van der Waals surface area contributed by atoms with Crippen LogP contribution in [-0.4, -0.2) is 51.9 Å². The smallest absolute Gasteiger partial charge is 0.308 e. The third-order valence-corrected chi connectivity index (χ3v) is 4.65. The molecule has 7 heteroatoms. The molecule has 0 bridgehead atoms. The molecular formula is C18H21N3O4. The minimum atomic E-state index is -0.912. The Hall–Kier alpha value is -2.83. The van der Waals surface area contributed by atoms with E-state index in [1.165, 1.54) is 0 Å². The number of aryl methyl sites for hydroxylation is 1. The normalized spacial score (nSPS) is 19.8. The number of carboxylic acids is 1. The van der Waals surface area contributed by atoms with Crippen molar-refractivity contribution in [3.05, 3.63) is 47.8 Å². The number of rotatable bonds is 5. The summed E-state index contributed by atoms with van der Waals surface area (Å²) in [6.45, 7) is 3.11. The van der Waals surface area contributed by atoms with Crippen LogP contribution in [0.2, 0.25) is 0 Å². The second-order valence-electron chi connectivity index (χ2n) is 6.06. The molecule has 1 aromatic heterocycles. The van der Waals surface area contributed by atoms with Crippen LogP contribution >= 0.6 is 0 Å². The Labute approximate surface area is 145 Å². The van der Waals surface area contributed by atoms with Gasteiger partial charge in [0.15, 0.2) is 0 Å². The van der Waals surface area contributed by atoms with Gasteiger partial charge in [0.2, 0.25) is 0 Å². The monoisotopic (exact) mass is 343 g/mol. The molecule has 3 rings (SSSR count). The summed E-state index contributed by atoms with van der Waals surface area (Å²) in [7, 11) is 1.56. The van der Waals surface area contributed by atoms with Gasteiger partial charge < -0.3 is 14.7 Å². The summed E-state index contributed by atoms with van der Waals surface area (Å²) in [5.41, 5.74) is 1.15. The maximum absolute atomic E-state index is 12.7. The highest BCUT2D eigenvalue weighted by atomic mass is 16.5. The fourth-order valence-electron chi connectivity index (χ4n) is 3.32. The Morgan fingerprint density at radius 1 is 1.28 bits per heavy atom. The average molecular weight is 343 g/mol. The van der Waals surface area contributed by atoms with Crippen molar-refractivity contribution in [3.63, 3.8) is 0 Å². The van der Waals surface area contributed by atoms with Crippen molar-refractivity contribution >= 4 is 11.9 Å². The van der Waals surface area contributed by atoms with Crippen LogP contribution in [0.15, 0.2) is 36.5 Å². The number of aliphatic carboxylic acids is 1. The zero-order valence-corrected chi connectivity index (χ0v) is 14.3. The molecular weight excluding hydrogens is 322 g/mol. The fraction of sp³-hybridized carbons (Fsp3) is 0.389. The summed E-state index contributed by atoms with van der Waals surface area (Å²) in [6.07, 6.45) is 1.75. The summed E-state index contributed by atoms with van der Waals surface area (Å²) in [4.78, 5) is 26.0. The third kappa shape index (κ3) is 3.22. The van der Waals surface area contributed by atoms with Crippen molar-refractivity contribution in [1.29, 1.82) is 0 Å². The largest absolute Gasteiger partial charge is 0.496 e. The Morgan fingerprint density at radius 2 is 2.04 bits per heavy atom. The number of hydrogen-bond acceptors (Lipinski definition) is 4. The summed E-state index contributed by atoms with van der Waals surface area (Å²) in [5, 5.41) is 13.9. The second-order valence-corrected chi connectivity index (χ2v) is 6.06. The first-order valence-corrected chi connectivity index (χ1v) is 8.23. The number of likely N-dealkylation sites (tertiary alicyclic amines) is 1. The maximum atomic E-state index is 12.7. The number of hydrogen-bond donors (Lipinski definition) is 1. The molecule has 1 aliphatic heterocycles.